The molecule has 6 nitrogen and oxygen atoms in total. The Balaban J connectivity index is 1.71. The average Bonchev–Trinajstić information content (AvgIpc) is 2.71. The molecule has 0 aliphatic heterocycles. The number of aliphatic imine (C=N–C) groups is 1. The van der Waals surface area contributed by atoms with Crippen LogP contribution in [-0.2, 0) is 17.9 Å². The third kappa shape index (κ3) is 7.01. The van der Waals surface area contributed by atoms with Gasteiger partial charge in [-0.3, -0.25) is 9.79 Å². The summed E-state index contributed by atoms with van der Waals surface area (Å²) >= 11 is 0. The van der Waals surface area contributed by atoms with Crippen LogP contribution in [0.1, 0.15) is 17.5 Å². The van der Waals surface area contributed by atoms with Gasteiger partial charge < -0.3 is 20.3 Å². The number of nitrogens with one attached hydrogen (secondary N) is 2. The van der Waals surface area contributed by atoms with E-state index in [0.717, 1.165) is 16.9 Å². The molecule has 0 aliphatic rings. The number of amides is 1. The molecule has 0 aliphatic carbocycles. The summed E-state index contributed by atoms with van der Waals surface area (Å²) in [6, 6.07) is 17.8. The zero-order chi connectivity index (χ0) is 19.5. The average molecular weight is 368 g/mol. The van der Waals surface area contributed by atoms with Gasteiger partial charge in [0, 0.05) is 40.2 Å². The van der Waals surface area contributed by atoms with Crippen molar-refractivity contribution < 1.29 is 9.53 Å². The van der Waals surface area contributed by atoms with Crippen molar-refractivity contribution in [3.8, 4) is 5.75 Å². The number of ether oxygens (including phenoxy) is 1. The lowest BCUT2D eigenvalue weighted by molar-refractivity contribution is -0.130. The molecule has 0 heterocycles. The molecular weight excluding hydrogens is 340 g/mol. The number of hydrogen-bond acceptors (Lipinski definition) is 3. The van der Waals surface area contributed by atoms with Gasteiger partial charge in [-0.25, -0.2) is 0 Å². The molecule has 144 valence electrons. The first-order valence-corrected chi connectivity index (χ1v) is 8.97. The van der Waals surface area contributed by atoms with E-state index in [9.17, 15) is 4.79 Å². The highest BCUT2D eigenvalue weighted by atomic mass is 16.5. The van der Waals surface area contributed by atoms with Crippen LogP contribution in [0, 0.1) is 0 Å². The van der Waals surface area contributed by atoms with E-state index in [1.54, 1.807) is 19.1 Å². The minimum absolute atomic E-state index is 0.0944. The van der Waals surface area contributed by atoms with Crippen LogP contribution < -0.4 is 15.4 Å². The van der Waals surface area contributed by atoms with Crippen molar-refractivity contribution in [3.63, 3.8) is 0 Å². The molecule has 2 aromatic rings. The number of benzene rings is 2. The summed E-state index contributed by atoms with van der Waals surface area (Å²) < 4.78 is 5.16. The summed E-state index contributed by atoms with van der Waals surface area (Å²) in [7, 11) is 5.19. The van der Waals surface area contributed by atoms with Crippen LogP contribution in [-0.4, -0.2) is 44.5 Å². The van der Waals surface area contributed by atoms with Crippen molar-refractivity contribution in [2.24, 2.45) is 4.99 Å². The zero-order valence-electron chi connectivity index (χ0n) is 16.2. The lowest BCUT2D eigenvalue weighted by Gasteiger charge is -2.18. The fraction of sp³-hybridized carbons (Fsp3) is 0.333. The number of guanidine groups is 1. The largest absolute Gasteiger partial charge is 0.497 e. The molecule has 0 spiro atoms. The maximum atomic E-state index is 12.3. The molecule has 0 saturated heterocycles. The molecule has 2 rings (SSSR count). The fourth-order valence-corrected chi connectivity index (χ4v) is 2.57. The van der Waals surface area contributed by atoms with Crippen LogP contribution in [0.25, 0.3) is 0 Å². The Morgan fingerprint density at radius 1 is 1.04 bits per heavy atom. The predicted octanol–water partition coefficient (Wildman–Crippen LogP) is 2.41. The molecule has 6 heteroatoms. The quantitative estimate of drug-likeness (QED) is 0.555. The van der Waals surface area contributed by atoms with Gasteiger partial charge in [0.1, 0.15) is 5.75 Å². The third-order valence-electron chi connectivity index (χ3n) is 4.16. The van der Waals surface area contributed by atoms with Crippen molar-refractivity contribution >= 4 is 11.9 Å². The Morgan fingerprint density at radius 3 is 2.37 bits per heavy atom. The van der Waals surface area contributed by atoms with Crippen LogP contribution in [0.4, 0.5) is 0 Å². The van der Waals surface area contributed by atoms with Gasteiger partial charge in [-0.05, 0) is 23.3 Å². The lowest BCUT2D eigenvalue weighted by Crippen LogP contribution is -2.39. The molecule has 27 heavy (non-hydrogen) atoms. The van der Waals surface area contributed by atoms with Crippen molar-refractivity contribution in [2.75, 3.05) is 27.7 Å². The molecule has 0 unspecified atom stereocenters. The van der Waals surface area contributed by atoms with Gasteiger partial charge in [-0.2, -0.15) is 0 Å². The number of carbonyl (C=O) groups excluding carboxylic acids is 1. The Labute approximate surface area is 161 Å². The zero-order valence-corrected chi connectivity index (χ0v) is 16.2. The molecular formula is C21H28N4O2. The Hall–Kier alpha value is -3.02. The van der Waals surface area contributed by atoms with Gasteiger partial charge in [-0.15, -0.1) is 0 Å². The van der Waals surface area contributed by atoms with Gasteiger partial charge in [-0.1, -0.05) is 42.5 Å². The molecule has 0 radical (unpaired) electrons. The van der Waals surface area contributed by atoms with Crippen LogP contribution >= 0.6 is 0 Å². The SMILES string of the molecule is CN=C(NCCC(=O)N(C)Cc1ccccc1)NCc1ccc(OC)cc1. The number of hydrogen-bond donors (Lipinski definition) is 2. The van der Waals surface area contributed by atoms with Crippen LogP contribution in [0.3, 0.4) is 0 Å². The van der Waals surface area contributed by atoms with E-state index in [0.29, 0.717) is 32.0 Å². The summed E-state index contributed by atoms with van der Waals surface area (Å²) in [5, 5.41) is 6.42. The fourth-order valence-electron chi connectivity index (χ4n) is 2.57. The molecule has 1 amide bonds. The van der Waals surface area contributed by atoms with Crippen LogP contribution in [0.2, 0.25) is 0 Å². The van der Waals surface area contributed by atoms with E-state index >= 15 is 0 Å². The first kappa shape index (κ1) is 20.3. The maximum absolute atomic E-state index is 12.3. The highest BCUT2D eigenvalue weighted by Crippen LogP contribution is 2.10. The second-order valence-electron chi connectivity index (χ2n) is 6.19. The highest BCUT2D eigenvalue weighted by Gasteiger charge is 2.09. The molecule has 0 saturated carbocycles. The highest BCUT2D eigenvalue weighted by molar-refractivity contribution is 5.81. The number of carbonyl (C=O) groups is 1. The van der Waals surface area contributed by atoms with Gasteiger partial charge in [0.25, 0.3) is 0 Å². The van der Waals surface area contributed by atoms with Gasteiger partial charge in [0.2, 0.25) is 5.91 Å². The van der Waals surface area contributed by atoms with Crippen molar-refractivity contribution in [1.29, 1.82) is 0 Å². The molecule has 0 fully saturated rings. The van der Waals surface area contributed by atoms with E-state index in [-0.39, 0.29) is 5.91 Å². The van der Waals surface area contributed by atoms with Crippen molar-refractivity contribution in [3.05, 3.63) is 65.7 Å². The number of methoxy groups -OCH3 is 1. The molecule has 0 atom stereocenters. The van der Waals surface area contributed by atoms with E-state index in [2.05, 4.69) is 15.6 Å². The smallest absolute Gasteiger partial charge is 0.224 e. The Kier molecular flexibility index (Phi) is 8.16. The summed E-state index contributed by atoms with van der Waals surface area (Å²) in [4.78, 5) is 18.2. The first-order chi connectivity index (χ1) is 13.1. The predicted molar refractivity (Wildman–Crippen MR) is 109 cm³/mol. The van der Waals surface area contributed by atoms with Gasteiger partial charge >= 0.3 is 0 Å². The minimum Gasteiger partial charge on any atom is -0.497 e. The third-order valence-corrected chi connectivity index (χ3v) is 4.16. The van der Waals surface area contributed by atoms with Gasteiger partial charge in [0.15, 0.2) is 5.96 Å². The summed E-state index contributed by atoms with van der Waals surface area (Å²) in [6.45, 7) is 1.79. The number of nitrogens with zero attached hydrogens (tertiary/aromatic N) is 2. The van der Waals surface area contributed by atoms with Crippen LogP contribution in [0.15, 0.2) is 59.6 Å². The topological polar surface area (TPSA) is 66.0 Å². The monoisotopic (exact) mass is 368 g/mol. The second kappa shape index (κ2) is 10.9. The number of rotatable bonds is 8. The van der Waals surface area contributed by atoms with E-state index in [1.165, 1.54) is 0 Å². The van der Waals surface area contributed by atoms with E-state index < -0.39 is 0 Å². The van der Waals surface area contributed by atoms with Crippen molar-refractivity contribution in [2.45, 2.75) is 19.5 Å². The maximum Gasteiger partial charge on any atom is 0.224 e. The standard InChI is InChI=1S/C21H28N4O2/c1-22-21(24-15-17-9-11-19(27-3)12-10-17)23-14-13-20(26)25(2)16-18-7-5-4-6-8-18/h4-12H,13-16H2,1-3H3,(H2,22,23,24). The van der Waals surface area contributed by atoms with E-state index in [1.807, 2.05) is 61.6 Å². The lowest BCUT2D eigenvalue weighted by atomic mass is 10.2. The molecule has 2 aromatic carbocycles. The van der Waals surface area contributed by atoms with Crippen molar-refractivity contribution in [1.82, 2.24) is 15.5 Å². The minimum atomic E-state index is 0.0944. The molecule has 0 aromatic heterocycles. The van der Waals surface area contributed by atoms with Gasteiger partial charge in [0.05, 0.1) is 7.11 Å². The molecule has 0 bridgehead atoms. The van der Waals surface area contributed by atoms with E-state index in [4.69, 9.17) is 4.74 Å². The molecule has 2 N–H and O–H groups in total. The second-order valence-corrected chi connectivity index (χ2v) is 6.19. The Morgan fingerprint density at radius 2 is 1.74 bits per heavy atom. The summed E-state index contributed by atoms with van der Waals surface area (Å²) in [6.07, 6.45) is 0.409. The summed E-state index contributed by atoms with van der Waals surface area (Å²) in [5.41, 5.74) is 2.25. The normalized spacial score (nSPS) is 11.0. The van der Waals surface area contributed by atoms with Crippen LogP contribution in [0.5, 0.6) is 5.75 Å². The Bertz CT molecular complexity index is 730. The first-order valence-electron chi connectivity index (χ1n) is 8.97. The summed E-state index contributed by atoms with van der Waals surface area (Å²) in [5.74, 6) is 1.60.